The molecule has 2 heterocycles. The molecule has 1 unspecified atom stereocenters. The van der Waals surface area contributed by atoms with Crippen molar-refractivity contribution >= 4 is 5.96 Å². The molecule has 1 atom stereocenters. The number of nitrogens with one attached hydrogen (secondary N) is 2. The summed E-state index contributed by atoms with van der Waals surface area (Å²) in [6.07, 6.45) is 7.54. The molecule has 0 aliphatic carbocycles. The first-order chi connectivity index (χ1) is 13.8. The Labute approximate surface area is 167 Å². The van der Waals surface area contributed by atoms with E-state index in [0.717, 1.165) is 50.7 Å². The number of guanidine groups is 1. The number of furan rings is 1. The lowest BCUT2D eigenvalue weighted by Crippen LogP contribution is -2.44. The van der Waals surface area contributed by atoms with Crippen LogP contribution in [0.1, 0.15) is 43.0 Å². The molecule has 0 saturated carbocycles. The molecule has 3 N–H and O–H groups in total. The average Bonchev–Trinajstić information content (AvgIpc) is 3.26. The smallest absolute Gasteiger partial charge is 0.191 e. The highest BCUT2D eigenvalue weighted by Gasteiger charge is 2.24. The lowest BCUT2D eigenvalue weighted by atomic mass is 10.1. The van der Waals surface area contributed by atoms with Gasteiger partial charge in [0.1, 0.15) is 11.5 Å². The summed E-state index contributed by atoms with van der Waals surface area (Å²) in [7, 11) is 1.80. The topological polar surface area (TPSA) is 73.0 Å². The maximum absolute atomic E-state index is 9.35. The largest absolute Gasteiger partial charge is 0.508 e. The monoisotopic (exact) mass is 384 g/mol. The van der Waals surface area contributed by atoms with Crippen LogP contribution in [0.4, 0.5) is 0 Å². The molecule has 6 heteroatoms. The van der Waals surface area contributed by atoms with Crippen LogP contribution in [0, 0.1) is 0 Å². The summed E-state index contributed by atoms with van der Waals surface area (Å²) in [5.41, 5.74) is 1.23. The van der Waals surface area contributed by atoms with Crippen molar-refractivity contribution in [2.75, 3.05) is 33.2 Å². The number of piperidine rings is 1. The summed E-state index contributed by atoms with van der Waals surface area (Å²) in [6.45, 7) is 3.85. The number of aryl methyl sites for hydroxylation is 1. The van der Waals surface area contributed by atoms with Crippen LogP contribution in [0.3, 0.4) is 0 Å². The third kappa shape index (κ3) is 6.02. The second-order valence-electron chi connectivity index (χ2n) is 7.28. The zero-order valence-electron chi connectivity index (χ0n) is 16.7. The fraction of sp³-hybridized carbons (Fsp3) is 0.500. The summed E-state index contributed by atoms with van der Waals surface area (Å²) < 4.78 is 5.71. The molecule has 152 valence electrons. The standard InChI is InChI=1S/C22H32N4O2/c1-23-22(24-13-5-7-18-9-11-19(27)12-10-18)25-17-20(21-8-6-16-28-21)26-14-3-2-4-15-26/h6,8-12,16,20,27H,2-5,7,13-15,17H2,1H3,(H2,23,24,25). The van der Waals surface area contributed by atoms with Gasteiger partial charge in [0, 0.05) is 20.1 Å². The van der Waals surface area contributed by atoms with Crippen molar-refractivity contribution in [3.63, 3.8) is 0 Å². The third-order valence-electron chi connectivity index (χ3n) is 5.26. The minimum Gasteiger partial charge on any atom is -0.508 e. The molecule has 0 spiro atoms. The number of aliphatic imine (C=N–C) groups is 1. The van der Waals surface area contributed by atoms with Gasteiger partial charge in [0.05, 0.1) is 12.3 Å². The van der Waals surface area contributed by atoms with E-state index in [4.69, 9.17) is 4.42 Å². The van der Waals surface area contributed by atoms with Gasteiger partial charge >= 0.3 is 0 Å². The van der Waals surface area contributed by atoms with E-state index in [1.807, 2.05) is 18.2 Å². The van der Waals surface area contributed by atoms with E-state index in [9.17, 15) is 5.11 Å². The molecule has 3 rings (SSSR count). The molecule has 0 radical (unpaired) electrons. The summed E-state index contributed by atoms with van der Waals surface area (Å²) in [4.78, 5) is 6.86. The lowest BCUT2D eigenvalue weighted by Gasteiger charge is -2.33. The maximum Gasteiger partial charge on any atom is 0.191 e. The van der Waals surface area contributed by atoms with Crippen LogP contribution in [0.25, 0.3) is 0 Å². The van der Waals surface area contributed by atoms with Gasteiger partial charge in [0.25, 0.3) is 0 Å². The highest BCUT2D eigenvalue weighted by molar-refractivity contribution is 5.79. The Balaban J connectivity index is 1.45. The van der Waals surface area contributed by atoms with Crippen LogP contribution in [-0.2, 0) is 6.42 Å². The summed E-state index contributed by atoms with van der Waals surface area (Å²) >= 11 is 0. The molecule has 1 saturated heterocycles. The fourth-order valence-corrected chi connectivity index (χ4v) is 3.70. The fourth-order valence-electron chi connectivity index (χ4n) is 3.70. The van der Waals surface area contributed by atoms with E-state index in [0.29, 0.717) is 5.75 Å². The zero-order valence-corrected chi connectivity index (χ0v) is 16.7. The van der Waals surface area contributed by atoms with Crippen molar-refractivity contribution in [1.29, 1.82) is 0 Å². The molecule has 2 aromatic rings. The van der Waals surface area contributed by atoms with Crippen LogP contribution in [0.2, 0.25) is 0 Å². The molecule has 0 bridgehead atoms. The molecule has 1 aromatic heterocycles. The summed E-state index contributed by atoms with van der Waals surface area (Å²) in [6, 6.07) is 11.7. The normalized spacial score (nSPS) is 16.7. The van der Waals surface area contributed by atoms with Gasteiger partial charge in [-0.05, 0) is 68.6 Å². The van der Waals surface area contributed by atoms with Crippen molar-refractivity contribution in [3.8, 4) is 5.75 Å². The minimum absolute atomic E-state index is 0.228. The van der Waals surface area contributed by atoms with Gasteiger partial charge in [0.15, 0.2) is 5.96 Å². The highest BCUT2D eigenvalue weighted by atomic mass is 16.3. The molecular weight excluding hydrogens is 352 g/mol. The SMILES string of the molecule is CN=C(NCCCc1ccc(O)cc1)NCC(c1ccco1)N1CCCCC1. The Hall–Kier alpha value is -2.47. The number of nitrogens with zero attached hydrogens (tertiary/aromatic N) is 2. The van der Waals surface area contributed by atoms with E-state index < -0.39 is 0 Å². The average molecular weight is 385 g/mol. The van der Waals surface area contributed by atoms with Crippen molar-refractivity contribution in [2.24, 2.45) is 4.99 Å². The Morgan fingerprint density at radius 2 is 1.93 bits per heavy atom. The number of rotatable bonds is 8. The number of phenols is 1. The number of aromatic hydroxyl groups is 1. The predicted molar refractivity (Wildman–Crippen MR) is 113 cm³/mol. The zero-order chi connectivity index (χ0) is 19.6. The molecule has 1 aliphatic rings. The van der Waals surface area contributed by atoms with E-state index in [2.05, 4.69) is 26.6 Å². The Morgan fingerprint density at radius 3 is 2.61 bits per heavy atom. The second kappa shape index (κ2) is 10.8. The molecule has 1 aliphatic heterocycles. The van der Waals surface area contributed by atoms with E-state index in [1.54, 1.807) is 25.4 Å². The third-order valence-corrected chi connectivity index (χ3v) is 5.26. The van der Waals surface area contributed by atoms with Gasteiger partial charge < -0.3 is 20.2 Å². The lowest BCUT2D eigenvalue weighted by molar-refractivity contribution is 0.146. The van der Waals surface area contributed by atoms with Gasteiger partial charge in [-0.25, -0.2) is 0 Å². The minimum atomic E-state index is 0.228. The highest BCUT2D eigenvalue weighted by Crippen LogP contribution is 2.24. The van der Waals surface area contributed by atoms with Gasteiger partial charge in [-0.15, -0.1) is 0 Å². The van der Waals surface area contributed by atoms with Crippen LogP contribution < -0.4 is 10.6 Å². The van der Waals surface area contributed by atoms with Crippen LogP contribution >= 0.6 is 0 Å². The molecule has 1 aromatic carbocycles. The number of hydrogen-bond acceptors (Lipinski definition) is 4. The van der Waals surface area contributed by atoms with Gasteiger partial charge in [-0.3, -0.25) is 9.89 Å². The number of hydrogen-bond donors (Lipinski definition) is 3. The first kappa shape index (κ1) is 20.3. The van der Waals surface area contributed by atoms with Crippen molar-refractivity contribution in [2.45, 2.75) is 38.1 Å². The molecular formula is C22H32N4O2. The first-order valence-electron chi connectivity index (χ1n) is 10.3. The predicted octanol–water partition coefficient (Wildman–Crippen LogP) is 3.31. The van der Waals surface area contributed by atoms with Crippen LogP contribution in [-0.4, -0.2) is 49.2 Å². The van der Waals surface area contributed by atoms with Gasteiger partial charge in [-0.2, -0.15) is 0 Å². The molecule has 0 amide bonds. The quantitative estimate of drug-likeness (QED) is 0.370. The van der Waals surface area contributed by atoms with Crippen molar-refractivity contribution in [3.05, 3.63) is 54.0 Å². The van der Waals surface area contributed by atoms with E-state index >= 15 is 0 Å². The molecule has 1 fully saturated rings. The van der Waals surface area contributed by atoms with E-state index in [-0.39, 0.29) is 6.04 Å². The summed E-state index contributed by atoms with van der Waals surface area (Å²) in [5, 5.41) is 16.2. The van der Waals surface area contributed by atoms with E-state index in [1.165, 1.54) is 24.8 Å². The number of likely N-dealkylation sites (tertiary alicyclic amines) is 1. The summed E-state index contributed by atoms with van der Waals surface area (Å²) in [5.74, 6) is 2.14. The van der Waals surface area contributed by atoms with Crippen LogP contribution in [0.5, 0.6) is 5.75 Å². The number of phenolic OH excluding ortho intramolecular Hbond substituents is 1. The molecule has 28 heavy (non-hydrogen) atoms. The van der Waals surface area contributed by atoms with Crippen molar-refractivity contribution < 1.29 is 9.52 Å². The Bertz CT molecular complexity index is 707. The first-order valence-corrected chi connectivity index (χ1v) is 10.3. The molecule has 6 nitrogen and oxygen atoms in total. The van der Waals surface area contributed by atoms with Crippen LogP contribution in [0.15, 0.2) is 52.1 Å². The Kier molecular flexibility index (Phi) is 7.79. The van der Waals surface area contributed by atoms with Gasteiger partial charge in [0.2, 0.25) is 0 Å². The Morgan fingerprint density at radius 1 is 1.14 bits per heavy atom. The maximum atomic E-state index is 9.35. The van der Waals surface area contributed by atoms with Gasteiger partial charge in [-0.1, -0.05) is 18.6 Å². The number of benzene rings is 1. The second-order valence-corrected chi connectivity index (χ2v) is 7.28. The van der Waals surface area contributed by atoms with Crippen molar-refractivity contribution in [1.82, 2.24) is 15.5 Å².